The number of aliphatic hydroxyl groups excluding tert-OH is 7. The lowest BCUT2D eigenvalue weighted by Crippen LogP contribution is -2.65. The molecule has 1 aliphatic carbocycles. The van der Waals surface area contributed by atoms with E-state index in [0.717, 1.165) is 0 Å². The summed E-state index contributed by atoms with van der Waals surface area (Å²) < 4.78 is 22.3. The molecule has 2 heterocycles. The zero-order valence-electron chi connectivity index (χ0n) is 22.1. The molecule has 14 heteroatoms. The summed E-state index contributed by atoms with van der Waals surface area (Å²) in [5, 5.41) is 80.1. The van der Waals surface area contributed by atoms with Crippen LogP contribution in [0.3, 0.4) is 0 Å². The van der Waals surface area contributed by atoms with Crippen LogP contribution in [0.15, 0.2) is 11.6 Å². The van der Waals surface area contributed by atoms with Crippen LogP contribution in [-0.2, 0) is 28.5 Å². The first-order valence-corrected chi connectivity index (χ1v) is 12.9. The highest BCUT2D eigenvalue weighted by Crippen LogP contribution is 2.42. The molecule has 3 aliphatic rings. The third kappa shape index (κ3) is 7.02. The molecule has 224 valence electrons. The van der Waals surface area contributed by atoms with Gasteiger partial charge in [-0.25, -0.2) is 4.79 Å². The molecule has 12 atom stereocenters. The Balaban J connectivity index is 1.74. The Bertz CT molecular complexity index is 892. The summed E-state index contributed by atoms with van der Waals surface area (Å²) in [6, 6.07) is 0. The summed E-state index contributed by atoms with van der Waals surface area (Å²) in [7, 11) is 0. The van der Waals surface area contributed by atoms with Crippen LogP contribution < -0.4 is 0 Å². The van der Waals surface area contributed by atoms with E-state index in [1.165, 1.54) is 6.08 Å². The van der Waals surface area contributed by atoms with Gasteiger partial charge in [-0.1, -0.05) is 13.8 Å². The van der Waals surface area contributed by atoms with Crippen LogP contribution in [0.1, 0.15) is 40.0 Å². The highest BCUT2D eigenvalue weighted by molar-refractivity contribution is 5.92. The van der Waals surface area contributed by atoms with Crippen LogP contribution in [0.5, 0.6) is 0 Å². The largest absolute Gasteiger partial charge is 0.479 e. The van der Waals surface area contributed by atoms with Crippen LogP contribution >= 0.6 is 0 Å². The topological polar surface area (TPSA) is 233 Å². The van der Waals surface area contributed by atoms with E-state index in [1.54, 1.807) is 6.92 Å². The number of allylic oxidation sites excluding steroid dienone is 1. The summed E-state index contributed by atoms with van der Waals surface area (Å²) in [6.45, 7) is 4.63. The van der Waals surface area contributed by atoms with Gasteiger partial charge in [0.05, 0.1) is 19.3 Å². The molecule has 8 N–H and O–H groups in total. The van der Waals surface area contributed by atoms with Gasteiger partial charge in [0.15, 0.2) is 24.5 Å². The minimum Gasteiger partial charge on any atom is -0.479 e. The number of ether oxygens (including phenoxy) is 4. The molecule has 0 aromatic rings. The van der Waals surface area contributed by atoms with Crippen LogP contribution in [0.4, 0.5) is 0 Å². The lowest BCUT2D eigenvalue weighted by Gasteiger charge is -2.46. The standard InChI is InChI=1S/C25H40O14/c1-10(4-5-13-11(8-26)6-12(28)7-25(13,2)3)36-24-21(17(31)15(29)14(9-27)37-24)39-23-19(33)16(30)18(32)20(38-23)22(34)35/h6,10,13-21,23-24,26-27,29-33H,4-5,7-9H2,1-3H3,(H,34,35)/t10-,13+,14-,15-,16+,17+,18+,19-,20+,21-,23+,24-/m1/s1. The molecule has 39 heavy (non-hydrogen) atoms. The summed E-state index contributed by atoms with van der Waals surface area (Å²) in [5.74, 6) is -1.81. The molecule has 2 saturated heterocycles. The van der Waals surface area contributed by atoms with Gasteiger partial charge in [-0.3, -0.25) is 4.79 Å². The molecular formula is C25H40O14. The second-order valence-electron chi connectivity index (χ2n) is 11.1. The highest BCUT2D eigenvalue weighted by Gasteiger charge is 2.52. The van der Waals surface area contributed by atoms with Gasteiger partial charge in [0, 0.05) is 6.42 Å². The Morgan fingerprint density at radius 2 is 1.69 bits per heavy atom. The van der Waals surface area contributed by atoms with Crippen LogP contribution in [0.2, 0.25) is 0 Å². The van der Waals surface area contributed by atoms with E-state index >= 15 is 0 Å². The number of aliphatic carboxylic acids is 1. The summed E-state index contributed by atoms with van der Waals surface area (Å²) in [6.07, 6.45) is -15.2. The quantitative estimate of drug-likeness (QED) is 0.136. The van der Waals surface area contributed by atoms with Crippen LogP contribution in [0.25, 0.3) is 0 Å². The van der Waals surface area contributed by atoms with E-state index in [9.17, 15) is 50.4 Å². The zero-order valence-corrected chi connectivity index (χ0v) is 22.1. The normalized spacial score (nSPS) is 41.6. The maximum Gasteiger partial charge on any atom is 0.335 e. The monoisotopic (exact) mass is 564 g/mol. The molecule has 0 bridgehead atoms. The van der Waals surface area contributed by atoms with Crippen molar-refractivity contribution in [1.29, 1.82) is 0 Å². The first kappa shape index (κ1) is 32.0. The molecule has 0 aromatic heterocycles. The van der Waals surface area contributed by atoms with Crippen molar-refractivity contribution < 1.29 is 69.4 Å². The second-order valence-corrected chi connectivity index (χ2v) is 11.1. The van der Waals surface area contributed by atoms with Gasteiger partial charge in [0.25, 0.3) is 0 Å². The number of carbonyl (C=O) groups is 2. The van der Waals surface area contributed by atoms with Crippen LogP contribution in [0, 0.1) is 11.3 Å². The van der Waals surface area contributed by atoms with Crippen molar-refractivity contribution in [3.63, 3.8) is 0 Å². The number of ketones is 1. The molecule has 0 unspecified atom stereocenters. The molecular weight excluding hydrogens is 524 g/mol. The Morgan fingerprint density at radius 1 is 1.03 bits per heavy atom. The van der Waals surface area contributed by atoms with Gasteiger partial charge in [-0.2, -0.15) is 0 Å². The molecule has 2 fully saturated rings. The summed E-state index contributed by atoms with van der Waals surface area (Å²) in [4.78, 5) is 23.5. The molecule has 0 spiro atoms. The van der Waals surface area contributed by atoms with Crippen LogP contribution in [-0.4, -0.2) is 133 Å². The molecule has 0 aromatic carbocycles. The lowest BCUT2D eigenvalue weighted by molar-refractivity contribution is -0.368. The summed E-state index contributed by atoms with van der Waals surface area (Å²) in [5.41, 5.74) is 0.217. The van der Waals surface area contributed by atoms with E-state index < -0.39 is 85.5 Å². The minimum atomic E-state index is -1.96. The summed E-state index contributed by atoms with van der Waals surface area (Å²) >= 11 is 0. The van der Waals surface area contributed by atoms with E-state index in [-0.39, 0.29) is 18.3 Å². The molecule has 14 nitrogen and oxygen atoms in total. The second kappa shape index (κ2) is 13.0. The maximum atomic E-state index is 12.0. The predicted octanol–water partition coefficient (Wildman–Crippen LogP) is -2.58. The van der Waals surface area contributed by atoms with Gasteiger partial charge in [-0.15, -0.1) is 0 Å². The average molecular weight is 565 g/mol. The average Bonchev–Trinajstić information content (AvgIpc) is 2.86. The number of aliphatic hydroxyl groups is 7. The number of rotatable bonds is 10. The third-order valence-electron chi connectivity index (χ3n) is 7.71. The number of carboxylic acid groups (broad SMARTS) is 1. The van der Waals surface area contributed by atoms with E-state index in [2.05, 4.69) is 0 Å². The smallest absolute Gasteiger partial charge is 0.335 e. The van der Waals surface area contributed by atoms with Gasteiger partial charge in [0.2, 0.25) is 0 Å². The van der Waals surface area contributed by atoms with Crippen molar-refractivity contribution in [2.24, 2.45) is 11.3 Å². The fraction of sp³-hybridized carbons (Fsp3) is 0.840. The zero-order chi connectivity index (χ0) is 29.2. The Hall–Kier alpha value is -1.56. The van der Waals surface area contributed by atoms with Crippen molar-refractivity contribution in [2.45, 2.75) is 108 Å². The molecule has 0 amide bonds. The maximum absolute atomic E-state index is 12.0. The van der Waals surface area contributed by atoms with Gasteiger partial charge >= 0.3 is 5.97 Å². The molecule has 3 rings (SSSR count). The number of carbonyl (C=O) groups excluding carboxylic acids is 1. The fourth-order valence-electron chi connectivity index (χ4n) is 5.49. The SMILES string of the molecule is C[C@H](CC[C@H]1C(CO)=CC(=O)CC1(C)C)O[C@@H]1O[C@H](CO)[C@@H](O)[C@H](O)[C@H]1O[C@@H]1O[C@H](C(=O)O)[C@@H](O)[C@H](O)[C@H]1O. The molecule has 2 aliphatic heterocycles. The number of hydrogen-bond acceptors (Lipinski definition) is 13. The van der Waals surface area contributed by atoms with Crippen molar-refractivity contribution in [3.05, 3.63) is 11.6 Å². The number of hydrogen-bond donors (Lipinski definition) is 8. The number of carboxylic acids is 1. The van der Waals surface area contributed by atoms with Gasteiger partial charge in [-0.05, 0) is 42.7 Å². The first-order chi connectivity index (χ1) is 18.2. The van der Waals surface area contributed by atoms with Gasteiger partial charge in [0.1, 0.15) is 42.7 Å². The van der Waals surface area contributed by atoms with E-state index in [4.69, 9.17) is 18.9 Å². The lowest BCUT2D eigenvalue weighted by atomic mass is 9.66. The van der Waals surface area contributed by atoms with E-state index in [1.807, 2.05) is 13.8 Å². The highest BCUT2D eigenvalue weighted by atomic mass is 16.8. The predicted molar refractivity (Wildman–Crippen MR) is 129 cm³/mol. The Labute approximate surface area is 225 Å². The third-order valence-corrected chi connectivity index (χ3v) is 7.71. The minimum absolute atomic E-state index is 0.0577. The van der Waals surface area contributed by atoms with Crippen molar-refractivity contribution >= 4 is 11.8 Å². The Kier molecular flexibility index (Phi) is 10.6. The van der Waals surface area contributed by atoms with Crippen molar-refractivity contribution in [2.75, 3.05) is 13.2 Å². The first-order valence-electron chi connectivity index (χ1n) is 12.9. The van der Waals surface area contributed by atoms with Crippen molar-refractivity contribution in [3.8, 4) is 0 Å². The van der Waals surface area contributed by atoms with Crippen molar-refractivity contribution in [1.82, 2.24) is 0 Å². The van der Waals surface area contributed by atoms with Gasteiger partial charge < -0.3 is 59.8 Å². The Morgan fingerprint density at radius 3 is 2.28 bits per heavy atom. The molecule has 0 saturated carbocycles. The van der Waals surface area contributed by atoms with E-state index in [0.29, 0.717) is 24.8 Å². The molecule has 0 radical (unpaired) electrons. The fourth-order valence-corrected chi connectivity index (χ4v) is 5.49.